The lowest BCUT2D eigenvalue weighted by Crippen LogP contribution is -2.38. The van der Waals surface area contributed by atoms with Crippen molar-refractivity contribution in [2.24, 2.45) is 0 Å². The summed E-state index contributed by atoms with van der Waals surface area (Å²) in [6.07, 6.45) is 1.01. The van der Waals surface area contributed by atoms with E-state index in [9.17, 15) is 14.4 Å². The lowest BCUT2D eigenvalue weighted by atomic mass is 10.1. The molecule has 1 aromatic carbocycles. The number of anilines is 1. The molecular formula is C20H21BrN4O3S. The number of rotatable bonds is 4. The fraction of sp³-hybridized carbons (Fsp3) is 0.400. The zero-order valence-corrected chi connectivity index (χ0v) is 18.5. The first-order chi connectivity index (χ1) is 13.9. The Bertz CT molecular complexity index is 976. The number of carbonyl (C=O) groups excluding carboxylic acids is 3. The first kappa shape index (κ1) is 20.0. The molecule has 1 saturated heterocycles. The van der Waals surface area contributed by atoms with Crippen molar-refractivity contribution in [1.29, 1.82) is 0 Å². The first-order valence-electron chi connectivity index (χ1n) is 9.54. The summed E-state index contributed by atoms with van der Waals surface area (Å²) < 4.78 is 0.750. The predicted octanol–water partition coefficient (Wildman–Crippen LogP) is 2.94. The molecule has 9 heteroatoms. The van der Waals surface area contributed by atoms with Gasteiger partial charge in [0.25, 0.3) is 11.8 Å². The molecule has 0 atom stereocenters. The molecule has 0 radical (unpaired) electrons. The van der Waals surface area contributed by atoms with Gasteiger partial charge >= 0.3 is 0 Å². The highest BCUT2D eigenvalue weighted by atomic mass is 79.9. The third-order valence-corrected chi connectivity index (χ3v) is 6.72. The number of halogens is 1. The molecule has 1 aromatic heterocycles. The largest absolute Gasteiger partial charge is 0.346 e. The quantitative estimate of drug-likeness (QED) is 0.634. The van der Waals surface area contributed by atoms with E-state index in [1.165, 1.54) is 4.90 Å². The fourth-order valence-electron chi connectivity index (χ4n) is 3.68. The van der Waals surface area contributed by atoms with Crippen LogP contribution in [0, 0.1) is 6.92 Å². The lowest BCUT2D eigenvalue weighted by Gasteiger charge is -2.22. The van der Waals surface area contributed by atoms with Crippen molar-refractivity contribution in [3.8, 4) is 0 Å². The standard InChI is InChI=1S/C20H21BrN4O3S/c1-13-12-29-20(22-13)24-7-2-6-23(9-10-24)17(26)5-8-25-18(27)15-4-3-14(21)11-16(15)19(25)28/h3-4,11-12H,2,5-10H2,1H3. The van der Waals surface area contributed by atoms with Gasteiger partial charge in [-0.15, -0.1) is 11.3 Å². The van der Waals surface area contributed by atoms with Crippen molar-refractivity contribution >= 4 is 50.1 Å². The van der Waals surface area contributed by atoms with Crippen LogP contribution in [0.2, 0.25) is 0 Å². The third kappa shape index (κ3) is 4.06. The van der Waals surface area contributed by atoms with Gasteiger partial charge in [0.05, 0.1) is 16.8 Å². The summed E-state index contributed by atoms with van der Waals surface area (Å²) >= 11 is 4.95. The van der Waals surface area contributed by atoms with Gasteiger partial charge in [-0.1, -0.05) is 15.9 Å². The summed E-state index contributed by atoms with van der Waals surface area (Å²) in [5, 5.41) is 3.03. The normalized spacial score (nSPS) is 17.0. The van der Waals surface area contributed by atoms with E-state index in [-0.39, 0.29) is 30.7 Å². The number of aryl methyl sites for hydroxylation is 1. The van der Waals surface area contributed by atoms with Crippen LogP contribution in [0.5, 0.6) is 0 Å². The molecule has 0 N–H and O–H groups in total. The van der Waals surface area contributed by atoms with Crippen LogP contribution in [0.4, 0.5) is 5.13 Å². The Hall–Kier alpha value is -2.26. The van der Waals surface area contributed by atoms with E-state index < -0.39 is 0 Å². The first-order valence-corrected chi connectivity index (χ1v) is 11.2. The summed E-state index contributed by atoms with van der Waals surface area (Å²) in [6.45, 7) is 4.98. The molecular weight excluding hydrogens is 456 g/mol. The van der Waals surface area contributed by atoms with Gasteiger partial charge in [-0.25, -0.2) is 4.98 Å². The predicted molar refractivity (Wildman–Crippen MR) is 114 cm³/mol. The Labute approximate surface area is 181 Å². The van der Waals surface area contributed by atoms with E-state index in [2.05, 4.69) is 25.8 Å². The van der Waals surface area contributed by atoms with E-state index >= 15 is 0 Å². The average Bonchev–Trinajstić information content (AvgIpc) is 3.10. The number of benzene rings is 1. The minimum Gasteiger partial charge on any atom is -0.346 e. The highest BCUT2D eigenvalue weighted by Gasteiger charge is 2.35. The molecule has 0 saturated carbocycles. The lowest BCUT2D eigenvalue weighted by molar-refractivity contribution is -0.131. The molecule has 0 bridgehead atoms. The maximum atomic E-state index is 12.7. The molecule has 2 aliphatic heterocycles. The van der Waals surface area contributed by atoms with Gasteiger partial charge in [0.2, 0.25) is 5.91 Å². The van der Waals surface area contributed by atoms with Gasteiger partial charge in [0.15, 0.2) is 5.13 Å². The van der Waals surface area contributed by atoms with Crippen molar-refractivity contribution in [3.63, 3.8) is 0 Å². The molecule has 29 heavy (non-hydrogen) atoms. The number of hydrogen-bond donors (Lipinski definition) is 0. The second-order valence-electron chi connectivity index (χ2n) is 7.19. The van der Waals surface area contributed by atoms with Crippen molar-refractivity contribution in [3.05, 3.63) is 44.9 Å². The van der Waals surface area contributed by atoms with Crippen LogP contribution in [0.15, 0.2) is 28.1 Å². The Morgan fingerprint density at radius 1 is 1.14 bits per heavy atom. The average molecular weight is 477 g/mol. The highest BCUT2D eigenvalue weighted by Crippen LogP contribution is 2.26. The van der Waals surface area contributed by atoms with Crippen molar-refractivity contribution in [1.82, 2.24) is 14.8 Å². The Morgan fingerprint density at radius 2 is 1.93 bits per heavy atom. The minimum absolute atomic E-state index is 0.0279. The van der Waals surface area contributed by atoms with E-state index in [0.29, 0.717) is 24.2 Å². The number of thiazole rings is 1. The number of fused-ring (bicyclic) bond motifs is 1. The number of nitrogens with zero attached hydrogens (tertiary/aromatic N) is 4. The smallest absolute Gasteiger partial charge is 0.261 e. The Kier molecular flexibility index (Phi) is 5.69. The Morgan fingerprint density at radius 3 is 2.69 bits per heavy atom. The summed E-state index contributed by atoms with van der Waals surface area (Å²) in [4.78, 5) is 47.6. The molecule has 4 rings (SSSR count). The number of amides is 3. The van der Waals surface area contributed by atoms with Crippen LogP contribution < -0.4 is 4.90 Å². The molecule has 152 valence electrons. The van der Waals surface area contributed by atoms with Crippen LogP contribution in [-0.4, -0.2) is 65.2 Å². The number of hydrogen-bond acceptors (Lipinski definition) is 6. The number of carbonyl (C=O) groups is 3. The number of aromatic nitrogens is 1. The van der Waals surface area contributed by atoms with Crippen molar-refractivity contribution in [2.45, 2.75) is 19.8 Å². The molecule has 3 amide bonds. The molecule has 7 nitrogen and oxygen atoms in total. The minimum atomic E-state index is -0.333. The molecule has 0 spiro atoms. The highest BCUT2D eigenvalue weighted by molar-refractivity contribution is 9.10. The SMILES string of the molecule is Cc1csc(N2CCCN(C(=O)CCN3C(=O)c4ccc(Br)cc4C3=O)CC2)n1. The summed E-state index contributed by atoms with van der Waals surface area (Å²) in [7, 11) is 0. The second kappa shape index (κ2) is 8.23. The molecule has 0 unspecified atom stereocenters. The monoisotopic (exact) mass is 476 g/mol. The molecule has 2 aliphatic rings. The summed E-state index contributed by atoms with van der Waals surface area (Å²) in [6, 6.07) is 5.04. The van der Waals surface area contributed by atoms with Gasteiger partial charge in [-0.05, 0) is 31.5 Å². The van der Waals surface area contributed by atoms with Gasteiger partial charge in [-0.2, -0.15) is 0 Å². The fourth-order valence-corrected chi connectivity index (χ4v) is 4.89. The van der Waals surface area contributed by atoms with Gasteiger partial charge in [0, 0.05) is 49.0 Å². The van der Waals surface area contributed by atoms with E-state index in [1.807, 2.05) is 17.2 Å². The zero-order valence-electron chi connectivity index (χ0n) is 16.1. The molecule has 0 aliphatic carbocycles. The summed E-state index contributed by atoms with van der Waals surface area (Å²) in [5.41, 5.74) is 1.80. The number of imide groups is 1. The van der Waals surface area contributed by atoms with Crippen LogP contribution in [0.25, 0.3) is 0 Å². The summed E-state index contributed by atoms with van der Waals surface area (Å²) in [5.74, 6) is -0.688. The maximum absolute atomic E-state index is 12.7. The van der Waals surface area contributed by atoms with Crippen molar-refractivity contribution < 1.29 is 14.4 Å². The van der Waals surface area contributed by atoms with Gasteiger partial charge < -0.3 is 9.80 Å². The van der Waals surface area contributed by atoms with E-state index in [4.69, 9.17) is 0 Å². The maximum Gasteiger partial charge on any atom is 0.261 e. The van der Waals surface area contributed by atoms with E-state index in [1.54, 1.807) is 29.5 Å². The molecule has 3 heterocycles. The van der Waals surface area contributed by atoms with Gasteiger partial charge in [-0.3, -0.25) is 19.3 Å². The van der Waals surface area contributed by atoms with Gasteiger partial charge in [0.1, 0.15) is 0 Å². The second-order valence-corrected chi connectivity index (χ2v) is 8.95. The van der Waals surface area contributed by atoms with Crippen LogP contribution in [0.1, 0.15) is 39.3 Å². The van der Waals surface area contributed by atoms with Crippen LogP contribution >= 0.6 is 27.3 Å². The zero-order chi connectivity index (χ0) is 20.5. The topological polar surface area (TPSA) is 73.8 Å². The third-order valence-electron chi connectivity index (χ3n) is 5.21. The Balaban J connectivity index is 1.34. The van der Waals surface area contributed by atoms with Crippen LogP contribution in [-0.2, 0) is 4.79 Å². The molecule has 2 aromatic rings. The van der Waals surface area contributed by atoms with E-state index in [0.717, 1.165) is 34.8 Å². The van der Waals surface area contributed by atoms with Crippen LogP contribution in [0.3, 0.4) is 0 Å². The molecule has 1 fully saturated rings. The van der Waals surface area contributed by atoms with Crippen molar-refractivity contribution in [2.75, 3.05) is 37.6 Å².